The maximum Gasteiger partial charge on any atom is 0.282 e. The Morgan fingerprint density at radius 2 is 2.11 bits per heavy atom. The molecule has 0 saturated heterocycles. The molecule has 0 bridgehead atoms. The molecule has 0 saturated carbocycles. The van der Waals surface area contributed by atoms with E-state index in [1.54, 1.807) is 13.0 Å². The minimum absolute atomic E-state index is 0.0402. The van der Waals surface area contributed by atoms with Gasteiger partial charge in [-0.25, -0.2) is 23.4 Å². The first-order valence-corrected chi connectivity index (χ1v) is 5.86. The van der Waals surface area contributed by atoms with Crippen LogP contribution in [-0.2, 0) is 5.88 Å². The molecule has 2 aromatic rings. The van der Waals surface area contributed by atoms with E-state index >= 15 is 0 Å². The zero-order chi connectivity index (χ0) is 13.3. The second-order valence-electron chi connectivity index (χ2n) is 3.52. The molecule has 0 N–H and O–H groups in total. The van der Waals surface area contributed by atoms with Gasteiger partial charge in [0.05, 0.1) is 5.88 Å². The van der Waals surface area contributed by atoms with Crippen LogP contribution in [0.15, 0.2) is 12.4 Å². The smallest absolute Gasteiger partial charge is 0.242 e. The minimum Gasteiger partial charge on any atom is -0.242 e. The zero-order valence-electron chi connectivity index (χ0n) is 9.24. The van der Waals surface area contributed by atoms with Gasteiger partial charge < -0.3 is 0 Å². The van der Waals surface area contributed by atoms with Crippen LogP contribution in [0, 0.1) is 6.92 Å². The summed E-state index contributed by atoms with van der Waals surface area (Å²) in [6.45, 7) is 1.75. The Balaban J connectivity index is 2.59. The molecule has 96 valence electrons. The SMILES string of the molecule is Cc1cc(-n2nc(C(F)F)c(CCl)c2Cl)ncn1. The Morgan fingerprint density at radius 3 is 2.61 bits per heavy atom. The van der Waals surface area contributed by atoms with Crippen LogP contribution in [0.3, 0.4) is 0 Å². The molecule has 8 heteroatoms. The molecule has 0 unspecified atom stereocenters. The lowest BCUT2D eigenvalue weighted by atomic mass is 10.3. The molecular formula is C10H8Cl2F2N4. The Labute approximate surface area is 112 Å². The highest BCUT2D eigenvalue weighted by Crippen LogP contribution is 2.30. The van der Waals surface area contributed by atoms with Crippen molar-refractivity contribution < 1.29 is 8.78 Å². The molecule has 0 radical (unpaired) electrons. The first-order valence-electron chi connectivity index (χ1n) is 4.95. The van der Waals surface area contributed by atoms with E-state index in [0.717, 1.165) is 4.68 Å². The molecule has 0 amide bonds. The summed E-state index contributed by atoms with van der Waals surface area (Å²) in [6.07, 6.45) is -1.43. The standard InChI is InChI=1S/C10H8Cl2F2N4/c1-5-2-7(16-4-15-5)18-9(12)6(3-11)8(17-18)10(13)14/h2,4,10H,3H2,1H3. The van der Waals surface area contributed by atoms with Gasteiger partial charge in [0, 0.05) is 17.3 Å². The van der Waals surface area contributed by atoms with Crippen molar-refractivity contribution in [1.82, 2.24) is 19.7 Å². The summed E-state index contributed by atoms with van der Waals surface area (Å²) >= 11 is 11.6. The van der Waals surface area contributed by atoms with Crippen LogP contribution in [0.25, 0.3) is 5.82 Å². The van der Waals surface area contributed by atoms with E-state index in [2.05, 4.69) is 15.1 Å². The number of aryl methyl sites for hydroxylation is 1. The fourth-order valence-electron chi connectivity index (χ4n) is 1.45. The van der Waals surface area contributed by atoms with Crippen LogP contribution in [-0.4, -0.2) is 19.7 Å². The first-order chi connectivity index (χ1) is 8.54. The molecule has 0 aliphatic heterocycles. The molecule has 0 atom stereocenters. The summed E-state index contributed by atoms with van der Waals surface area (Å²) in [6, 6.07) is 1.59. The summed E-state index contributed by atoms with van der Waals surface area (Å²) in [5.41, 5.74) is 0.369. The normalized spacial score (nSPS) is 11.2. The number of hydrogen-bond donors (Lipinski definition) is 0. The highest BCUT2D eigenvalue weighted by Gasteiger charge is 2.23. The van der Waals surface area contributed by atoms with Crippen LogP contribution in [0.1, 0.15) is 23.4 Å². The topological polar surface area (TPSA) is 43.6 Å². The predicted octanol–water partition coefficient (Wildman–Crippen LogP) is 3.30. The van der Waals surface area contributed by atoms with Crippen LogP contribution >= 0.6 is 23.2 Å². The number of halogens is 4. The third-order valence-corrected chi connectivity index (χ3v) is 2.95. The van der Waals surface area contributed by atoms with Gasteiger partial charge in [-0.05, 0) is 6.92 Å². The molecule has 0 aromatic carbocycles. The van der Waals surface area contributed by atoms with Gasteiger partial charge in [0.1, 0.15) is 17.2 Å². The first kappa shape index (κ1) is 13.2. The van der Waals surface area contributed by atoms with Gasteiger partial charge in [-0.3, -0.25) is 0 Å². The van der Waals surface area contributed by atoms with Crippen LogP contribution in [0.5, 0.6) is 0 Å². The van der Waals surface area contributed by atoms with Crippen molar-refractivity contribution in [2.75, 3.05) is 0 Å². The molecule has 0 aliphatic rings. The fourth-order valence-corrected chi connectivity index (χ4v) is 2.07. The van der Waals surface area contributed by atoms with Crippen LogP contribution in [0.4, 0.5) is 8.78 Å². The number of aromatic nitrogens is 4. The zero-order valence-corrected chi connectivity index (χ0v) is 10.8. The molecule has 2 heterocycles. The molecule has 2 rings (SSSR count). The van der Waals surface area contributed by atoms with Gasteiger partial charge in [-0.15, -0.1) is 11.6 Å². The summed E-state index contributed by atoms with van der Waals surface area (Å²) < 4.78 is 26.7. The van der Waals surface area contributed by atoms with E-state index in [-0.39, 0.29) is 16.6 Å². The molecule has 0 fully saturated rings. The largest absolute Gasteiger partial charge is 0.282 e. The Kier molecular flexibility index (Phi) is 3.77. The van der Waals surface area contributed by atoms with E-state index in [9.17, 15) is 8.78 Å². The van der Waals surface area contributed by atoms with Crippen molar-refractivity contribution in [3.8, 4) is 5.82 Å². The Morgan fingerprint density at radius 1 is 1.39 bits per heavy atom. The average Bonchev–Trinajstić information content (AvgIpc) is 2.66. The lowest BCUT2D eigenvalue weighted by Gasteiger charge is -2.02. The van der Waals surface area contributed by atoms with Gasteiger partial charge in [0.2, 0.25) is 0 Å². The van der Waals surface area contributed by atoms with E-state index < -0.39 is 12.1 Å². The quantitative estimate of drug-likeness (QED) is 0.815. The lowest BCUT2D eigenvalue weighted by molar-refractivity contribution is 0.144. The molecule has 0 aliphatic carbocycles. The Hall–Kier alpha value is -1.27. The molecule has 18 heavy (non-hydrogen) atoms. The van der Waals surface area contributed by atoms with Crippen molar-refractivity contribution in [3.05, 3.63) is 34.5 Å². The monoisotopic (exact) mass is 292 g/mol. The molecule has 4 nitrogen and oxygen atoms in total. The van der Waals surface area contributed by atoms with Crippen molar-refractivity contribution in [2.45, 2.75) is 19.2 Å². The molecule has 0 spiro atoms. The molecule has 2 aromatic heterocycles. The number of alkyl halides is 3. The number of rotatable bonds is 3. The van der Waals surface area contributed by atoms with Crippen LogP contribution in [0.2, 0.25) is 5.15 Å². The summed E-state index contributed by atoms with van der Waals surface area (Å²) in [7, 11) is 0. The van der Waals surface area contributed by atoms with Crippen molar-refractivity contribution in [1.29, 1.82) is 0 Å². The van der Waals surface area contributed by atoms with Gasteiger partial charge >= 0.3 is 0 Å². The highest BCUT2D eigenvalue weighted by molar-refractivity contribution is 6.31. The lowest BCUT2D eigenvalue weighted by Crippen LogP contribution is -2.01. The van der Waals surface area contributed by atoms with E-state index in [0.29, 0.717) is 11.5 Å². The maximum atomic E-state index is 12.8. The predicted molar refractivity (Wildman–Crippen MR) is 63.4 cm³/mol. The second-order valence-corrected chi connectivity index (χ2v) is 4.14. The Bertz CT molecular complexity index is 571. The van der Waals surface area contributed by atoms with Gasteiger partial charge in [-0.1, -0.05) is 11.6 Å². The average molecular weight is 293 g/mol. The van der Waals surface area contributed by atoms with E-state index in [1.807, 2.05) is 0 Å². The van der Waals surface area contributed by atoms with E-state index in [4.69, 9.17) is 23.2 Å². The maximum absolute atomic E-state index is 12.8. The third kappa shape index (κ3) is 2.30. The number of nitrogens with zero attached hydrogens (tertiary/aromatic N) is 4. The second kappa shape index (κ2) is 5.16. The van der Waals surface area contributed by atoms with Gasteiger partial charge in [-0.2, -0.15) is 5.10 Å². The van der Waals surface area contributed by atoms with Crippen LogP contribution < -0.4 is 0 Å². The summed E-state index contributed by atoms with van der Waals surface area (Å²) in [4.78, 5) is 7.85. The van der Waals surface area contributed by atoms with Crippen molar-refractivity contribution >= 4 is 23.2 Å². The third-order valence-electron chi connectivity index (χ3n) is 2.30. The van der Waals surface area contributed by atoms with Crippen molar-refractivity contribution in [2.24, 2.45) is 0 Å². The highest BCUT2D eigenvalue weighted by atomic mass is 35.5. The van der Waals surface area contributed by atoms with Gasteiger partial charge in [0.25, 0.3) is 6.43 Å². The van der Waals surface area contributed by atoms with E-state index in [1.165, 1.54) is 6.33 Å². The minimum atomic E-state index is -2.74. The van der Waals surface area contributed by atoms with Gasteiger partial charge in [0.15, 0.2) is 5.82 Å². The summed E-state index contributed by atoms with van der Waals surface area (Å²) in [5, 5.41) is 3.79. The van der Waals surface area contributed by atoms with Crippen molar-refractivity contribution in [3.63, 3.8) is 0 Å². The fraction of sp³-hybridized carbons (Fsp3) is 0.300. The molecular weight excluding hydrogens is 285 g/mol. The summed E-state index contributed by atoms with van der Waals surface area (Å²) in [5.74, 6) is 0.188. The number of hydrogen-bond acceptors (Lipinski definition) is 3.